The molecule has 0 saturated heterocycles. The van der Waals surface area contributed by atoms with E-state index in [9.17, 15) is 4.39 Å². The summed E-state index contributed by atoms with van der Waals surface area (Å²) in [6, 6.07) is 8.35. The van der Waals surface area contributed by atoms with Crippen LogP contribution in [0.4, 0.5) is 4.39 Å². The molecule has 0 aliphatic heterocycles. The van der Waals surface area contributed by atoms with E-state index in [4.69, 9.17) is 15.3 Å². The molecule has 0 aliphatic rings. The zero-order chi connectivity index (χ0) is 12.7. The molecule has 1 rings (SSSR count). The number of hydrogen-bond acceptors (Lipinski definition) is 3. The van der Waals surface area contributed by atoms with Crippen LogP contribution < -0.4 is 4.74 Å². The van der Waals surface area contributed by atoms with Gasteiger partial charge in [-0.05, 0) is 40.5 Å². The summed E-state index contributed by atoms with van der Waals surface area (Å²) in [4.78, 5) is 0. The van der Waals surface area contributed by atoms with Crippen LogP contribution in [-0.4, -0.2) is 6.61 Å². The van der Waals surface area contributed by atoms with Crippen LogP contribution >= 0.6 is 15.9 Å². The van der Waals surface area contributed by atoms with Crippen molar-refractivity contribution in [3.05, 3.63) is 28.5 Å². The largest absolute Gasteiger partial charge is 0.492 e. The Balaban J connectivity index is 2.52. The molecule has 0 saturated carbocycles. The summed E-state index contributed by atoms with van der Waals surface area (Å²) >= 11 is 3.05. The molecule has 0 fully saturated rings. The highest BCUT2D eigenvalue weighted by molar-refractivity contribution is 9.10. The molecule has 0 spiro atoms. The Morgan fingerprint density at radius 2 is 2.18 bits per heavy atom. The lowest BCUT2D eigenvalue weighted by molar-refractivity contribution is 0.273. The normalized spacial score (nSPS) is 11.3. The molecule has 17 heavy (non-hydrogen) atoms. The Bertz CT molecular complexity index is 465. The standard InChI is InChI=1S/C12H10BrFN2O/c13-11-6-10(3-4-12(11)14)17-8-9(7-16)2-1-5-15/h3-4,6,9H,1-2,8H2/t9-/m0/s1. The zero-order valence-corrected chi connectivity index (χ0v) is 10.6. The average Bonchev–Trinajstić information content (AvgIpc) is 2.34. The van der Waals surface area contributed by atoms with Crippen molar-refractivity contribution in [3.63, 3.8) is 0 Å². The number of nitriles is 2. The second-order valence-corrected chi connectivity index (χ2v) is 4.26. The SMILES string of the molecule is N#CCC[C@@H](C#N)COc1ccc(F)c(Br)c1. The zero-order valence-electron chi connectivity index (χ0n) is 8.99. The predicted octanol–water partition coefficient (Wildman–Crippen LogP) is 3.41. The number of hydrogen-bond donors (Lipinski definition) is 0. The number of rotatable bonds is 5. The fraction of sp³-hybridized carbons (Fsp3) is 0.333. The van der Waals surface area contributed by atoms with E-state index in [1.54, 1.807) is 0 Å². The first-order chi connectivity index (χ1) is 8.17. The van der Waals surface area contributed by atoms with E-state index in [1.165, 1.54) is 18.2 Å². The van der Waals surface area contributed by atoms with Gasteiger partial charge >= 0.3 is 0 Å². The van der Waals surface area contributed by atoms with Gasteiger partial charge in [-0.1, -0.05) is 0 Å². The molecule has 1 atom stereocenters. The van der Waals surface area contributed by atoms with E-state index in [0.717, 1.165) is 0 Å². The van der Waals surface area contributed by atoms with E-state index in [0.29, 0.717) is 23.1 Å². The Morgan fingerprint density at radius 1 is 1.41 bits per heavy atom. The fourth-order valence-corrected chi connectivity index (χ4v) is 1.55. The van der Waals surface area contributed by atoms with Crippen molar-refractivity contribution in [2.75, 3.05) is 6.61 Å². The maximum Gasteiger partial charge on any atom is 0.137 e. The predicted molar refractivity (Wildman–Crippen MR) is 63.5 cm³/mol. The molecule has 88 valence electrons. The molecule has 0 amide bonds. The minimum atomic E-state index is -0.362. The van der Waals surface area contributed by atoms with Crippen LogP contribution in [0.2, 0.25) is 0 Å². The molecular weight excluding hydrogens is 287 g/mol. The number of ether oxygens (including phenoxy) is 1. The second-order valence-electron chi connectivity index (χ2n) is 3.41. The molecule has 0 N–H and O–H groups in total. The topological polar surface area (TPSA) is 56.8 Å². The summed E-state index contributed by atoms with van der Waals surface area (Å²) in [5.41, 5.74) is 0. The van der Waals surface area contributed by atoms with Crippen LogP contribution in [0.3, 0.4) is 0 Å². The third-order valence-corrected chi connectivity index (χ3v) is 2.74. The monoisotopic (exact) mass is 296 g/mol. The van der Waals surface area contributed by atoms with Crippen LogP contribution in [0.1, 0.15) is 12.8 Å². The van der Waals surface area contributed by atoms with Gasteiger partial charge in [-0.15, -0.1) is 0 Å². The highest BCUT2D eigenvalue weighted by Gasteiger charge is 2.09. The molecule has 0 heterocycles. The summed E-state index contributed by atoms with van der Waals surface area (Å²) in [6.07, 6.45) is 0.810. The van der Waals surface area contributed by atoms with Crippen molar-refractivity contribution in [2.24, 2.45) is 5.92 Å². The van der Waals surface area contributed by atoms with Crippen LogP contribution in [-0.2, 0) is 0 Å². The van der Waals surface area contributed by atoms with Crippen molar-refractivity contribution < 1.29 is 9.13 Å². The molecule has 0 unspecified atom stereocenters. The smallest absolute Gasteiger partial charge is 0.137 e. The first-order valence-corrected chi connectivity index (χ1v) is 5.81. The first-order valence-electron chi connectivity index (χ1n) is 5.01. The van der Waals surface area contributed by atoms with Gasteiger partial charge < -0.3 is 4.74 Å². The van der Waals surface area contributed by atoms with Gasteiger partial charge in [-0.2, -0.15) is 10.5 Å². The van der Waals surface area contributed by atoms with Crippen LogP contribution in [0.25, 0.3) is 0 Å². The summed E-state index contributed by atoms with van der Waals surface area (Å²) in [5.74, 6) is -0.187. The molecular formula is C12H10BrFN2O. The number of halogens is 2. The van der Waals surface area contributed by atoms with Gasteiger partial charge in [0.1, 0.15) is 18.2 Å². The van der Waals surface area contributed by atoms with Gasteiger partial charge in [-0.25, -0.2) is 4.39 Å². The van der Waals surface area contributed by atoms with E-state index in [2.05, 4.69) is 22.0 Å². The van der Waals surface area contributed by atoms with Crippen LogP contribution in [0.15, 0.2) is 22.7 Å². The average molecular weight is 297 g/mol. The molecule has 0 aromatic heterocycles. The quantitative estimate of drug-likeness (QED) is 0.836. The van der Waals surface area contributed by atoms with Crippen molar-refractivity contribution in [2.45, 2.75) is 12.8 Å². The van der Waals surface area contributed by atoms with Crippen molar-refractivity contribution in [1.82, 2.24) is 0 Å². The fourth-order valence-electron chi connectivity index (χ4n) is 1.19. The van der Waals surface area contributed by atoms with Gasteiger partial charge in [0.25, 0.3) is 0 Å². The summed E-state index contributed by atoms with van der Waals surface area (Å²) < 4.78 is 18.6. The Morgan fingerprint density at radius 3 is 2.76 bits per heavy atom. The third-order valence-electron chi connectivity index (χ3n) is 2.13. The first kappa shape index (κ1) is 13.5. The lowest BCUT2D eigenvalue weighted by atomic mass is 10.1. The lowest BCUT2D eigenvalue weighted by Gasteiger charge is -2.10. The minimum Gasteiger partial charge on any atom is -0.492 e. The van der Waals surface area contributed by atoms with Crippen molar-refractivity contribution in [1.29, 1.82) is 10.5 Å². The minimum absolute atomic E-state index is 0.205. The molecule has 0 bridgehead atoms. The number of nitrogens with zero attached hydrogens (tertiary/aromatic N) is 2. The van der Waals surface area contributed by atoms with E-state index >= 15 is 0 Å². The molecule has 3 nitrogen and oxygen atoms in total. The third kappa shape index (κ3) is 4.42. The van der Waals surface area contributed by atoms with Crippen molar-refractivity contribution in [3.8, 4) is 17.9 Å². The number of benzene rings is 1. The highest BCUT2D eigenvalue weighted by Crippen LogP contribution is 2.22. The van der Waals surface area contributed by atoms with E-state index in [1.807, 2.05) is 6.07 Å². The molecule has 1 aromatic rings. The van der Waals surface area contributed by atoms with Gasteiger partial charge in [0.15, 0.2) is 0 Å². The highest BCUT2D eigenvalue weighted by atomic mass is 79.9. The summed E-state index contributed by atoms with van der Waals surface area (Å²) in [7, 11) is 0. The van der Waals surface area contributed by atoms with Gasteiger partial charge in [-0.3, -0.25) is 0 Å². The van der Waals surface area contributed by atoms with Crippen molar-refractivity contribution >= 4 is 15.9 Å². The molecule has 5 heteroatoms. The Hall–Kier alpha value is -1.59. The van der Waals surface area contributed by atoms with Gasteiger partial charge in [0, 0.05) is 6.42 Å². The van der Waals surface area contributed by atoms with Gasteiger partial charge in [0.2, 0.25) is 0 Å². The molecule has 0 aliphatic carbocycles. The maximum atomic E-state index is 12.9. The second kappa shape index (κ2) is 6.88. The summed E-state index contributed by atoms with van der Waals surface area (Å²) in [5, 5.41) is 17.2. The molecule has 0 radical (unpaired) electrons. The Kier molecular flexibility index (Phi) is 5.45. The van der Waals surface area contributed by atoms with Crippen LogP contribution in [0, 0.1) is 34.4 Å². The van der Waals surface area contributed by atoms with Gasteiger partial charge in [0.05, 0.1) is 22.5 Å². The summed E-state index contributed by atoms with van der Waals surface area (Å²) in [6.45, 7) is 0.205. The maximum absolute atomic E-state index is 12.9. The molecule has 1 aromatic carbocycles. The Labute approximate surface area is 108 Å². The lowest BCUT2D eigenvalue weighted by Crippen LogP contribution is -2.10. The van der Waals surface area contributed by atoms with Crippen LogP contribution in [0.5, 0.6) is 5.75 Å². The van der Waals surface area contributed by atoms with E-state index < -0.39 is 0 Å². The van der Waals surface area contributed by atoms with E-state index in [-0.39, 0.29) is 18.3 Å².